The molecule has 0 aliphatic rings. The minimum Gasteiger partial charge on any atom is -0.475 e. The molecule has 2 atom stereocenters. The van der Waals surface area contributed by atoms with Gasteiger partial charge in [0.15, 0.2) is 0 Å². The van der Waals surface area contributed by atoms with E-state index in [9.17, 15) is 9.59 Å². The molecule has 2 aromatic carbocycles. The summed E-state index contributed by atoms with van der Waals surface area (Å²) in [6, 6.07) is 17.4. The standard InChI is InChI=1S/C25H33N3O4/c1-25(2,3)22(23(30)27-4)28-24(32-17-19-13-9-6-10-14-19)20(26)15-21(29)31-16-18-11-7-5-8-12-18/h5-14,20,22H,15-17,26H2,1-4H3,(H,27,30)/t20-,22-/m1/s1. The van der Waals surface area contributed by atoms with Crippen molar-refractivity contribution in [2.24, 2.45) is 16.1 Å². The number of benzene rings is 2. The van der Waals surface area contributed by atoms with E-state index in [2.05, 4.69) is 10.3 Å². The third-order valence-electron chi connectivity index (χ3n) is 4.75. The van der Waals surface area contributed by atoms with Gasteiger partial charge in [0.2, 0.25) is 11.8 Å². The van der Waals surface area contributed by atoms with Gasteiger partial charge < -0.3 is 20.5 Å². The average molecular weight is 440 g/mol. The maximum absolute atomic E-state index is 12.5. The highest BCUT2D eigenvalue weighted by Gasteiger charge is 2.32. The molecule has 3 N–H and O–H groups in total. The molecule has 0 aliphatic carbocycles. The maximum atomic E-state index is 12.5. The molecule has 172 valence electrons. The van der Waals surface area contributed by atoms with E-state index < -0.39 is 23.5 Å². The minimum absolute atomic E-state index is 0.120. The molecule has 0 aromatic heterocycles. The molecular weight excluding hydrogens is 406 g/mol. The summed E-state index contributed by atoms with van der Waals surface area (Å²) in [7, 11) is 1.56. The van der Waals surface area contributed by atoms with E-state index in [0.29, 0.717) is 0 Å². The highest BCUT2D eigenvalue weighted by atomic mass is 16.5. The van der Waals surface area contributed by atoms with Crippen molar-refractivity contribution in [2.75, 3.05) is 7.05 Å². The molecule has 0 heterocycles. The van der Waals surface area contributed by atoms with Gasteiger partial charge in [-0.3, -0.25) is 9.59 Å². The quantitative estimate of drug-likeness (QED) is 0.355. The fourth-order valence-electron chi connectivity index (χ4n) is 2.94. The zero-order chi connectivity index (χ0) is 23.6. The van der Waals surface area contributed by atoms with Gasteiger partial charge in [0.05, 0.1) is 12.5 Å². The van der Waals surface area contributed by atoms with Gasteiger partial charge in [-0.05, 0) is 16.5 Å². The molecule has 7 heteroatoms. The number of rotatable bonds is 9. The number of carbonyl (C=O) groups is 2. The first kappa shape index (κ1) is 25.1. The van der Waals surface area contributed by atoms with Crippen LogP contribution in [-0.2, 0) is 32.3 Å². The topological polar surface area (TPSA) is 103 Å². The number of hydrogen-bond acceptors (Lipinski definition) is 6. The summed E-state index contributed by atoms with van der Waals surface area (Å²) in [6.07, 6.45) is -0.120. The normalized spacial score (nSPS) is 13.7. The molecule has 2 aromatic rings. The third-order valence-corrected chi connectivity index (χ3v) is 4.75. The second kappa shape index (κ2) is 12.0. The summed E-state index contributed by atoms with van der Waals surface area (Å²) in [5, 5.41) is 2.63. The highest BCUT2D eigenvalue weighted by molar-refractivity contribution is 5.90. The Balaban J connectivity index is 2.15. The van der Waals surface area contributed by atoms with Crippen LogP contribution in [0.5, 0.6) is 0 Å². The van der Waals surface area contributed by atoms with E-state index in [4.69, 9.17) is 15.2 Å². The smallest absolute Gasteiger partial charge is 0.308 e. The van der Waals surface area contributed by atoms with E-state index >= 15 is 0 Å². The van der Waals surface area contributed by atoms with Gasteiger partial charge >= 0.3 is 5.97 Å². The Bertz CT molecular complexity index is 892. The van der Waals surface area contributed by atoms with Crippen LogP contribution < -0.4 is 11.1 Å². The van der Waals surface area contributed by atoms with Gasteiger partial charge in [0.1, 0.15) is 19.3 Å². The summed E-state index contributed by atoms with van der Waals surface area (Å²) >= 11 is 0. The Kier molecular flexibility index (Phi) is 9.40. The number of hydrogen-bond donors (Lipinski definition) is 2. The van der Waals surface area contributed by atoms with E-state index in [1.807, 2.05) is 81.4 Å². The summed E-state index contributed by atoms with van der Waals surface area (Å²) in [4.78, 5) is 29.4. The summed E-state index contributed by atoms with van der Waals surface area (Å²) in [5.74, 6) is -0.573. The van der Waals surface area contributed by atoms with Crippen LogP contribution in [0.1, 0.15) is 38.3 Å². The zero-order valence-electron chi connectivity index (χ0n) is 19.2. The predicted octanol–water partition coefficient (Wildman–Crippen LogP) is 3.22. The van der Waals surface area contributed by atoms with Crippen LogP contribution in [0.4, 0.5) is 0 Å². The Morgan fingerprint density at radius 3 is 1.91 bits per heavy atom. The Labute approximate surface area is 190 Å². The molecule has 1 amide bonds. The second-order valence-electron chi connectivity index (χ2n) is 8.58. The van der Waals surface area contributed by atoms with Crippen LogP contribution in [0.3, 0.4) is 0 Å². The molecule has 0 aliphatic heterocycles. The first-order chi connectivity index (χ1) is 15.2. The predicted molar refractivity (Wildman–Crippen MR) is 125 cm³/mol. The number of amides is 1. The number of esters is 1. The molecule has 0 spiro atoms. The molecule has 32 heavy (non-hydrogen) atoms. The van der Waals surface area contributed by atoms with Gasteiger partial charge in [0.25, 0.3) is 0 Å². The minimum atomic E-state index is -0.850. The molecule has 0 saturated heterocycles. The van der Waals surface area contributed by atoms with Crippen LogP contribution in [-0.4, -0.2) is 36.9 Å². The maximum Gasteiger partial charge on any atom is 0.308 e. The lowest BCUT2D eigenvalue weighted by Gasteiger charge is -2.27. The molecule has 2 rings (SSSR count). The summed E-state index contributed by atoms with van der Waals surface area (Å²) in [6.45, 7) is 6.10. The Morgan fingerprint density at radius 2 is 1.44 bits per heavy atom. The largest absolute Gasteiger partial charge is 0.475 e. The molecule has 0 radical (unpaired) electrons. The van der Waals surface area contributed by atoms with Crippen LogP contribution in [0.15, 0.2) is 65.7 Å². The van der Waals surface area contributed by atoms with Gasteiger partial charge in [-0.2, -0.15) is 0 Å². The Hall–Kier alpha value is -3.19. The van der Waals surface area contributed by atoms with Crippen molar-refractivity contribution in [3.05, 3.63) is 71.8 Å². The number of nitrogens with zero attached hydrogens (tertiary/aromatic N) is 1. The van der Waals surface area contributed by atoms with E-state index in [1.54, 1.807) is 7.05 Å². The van der Waals surface area contributed by atoms with Crippen molar-refractivity contribution in [1.29, 1.82) is 0 Å². The number of ether oxygens (including phenoxy) is 2. The van der Waals surface area contributed by atoms with Gasteiger partial charge in [0, 0.05) is 7.05 Å². The zero-order valence-corrected chi connectivity index (χ0v) is 19.2. The molecule has 0 fully saturated rings. The van der Waals surface area contributed by atoms with Crippen molar-refractivity contribution in [2.45, 2.75) is 52.5 Å². The van der Waals surface area contributed by atoms with Crippen LogP contribution in [0, 0.1) is 5.41 Å². The fraction of sp³-hybridized carbons (Fsp3) is 0.400. The van der Waals surface area contributed by atoms with Gasteiger partial charge in [-0.25, -0.2) is 4.99 Å². The number of likely N-dealkylation sites (N-methyl/N-ethyl adjacent to an activating group) is 1. The average Bonchev–Trinajstić information content (AvgIpc) is 2.77. The van der Waals surface area contributed by atoms with Crippen molar-refractivity contribution in [1.82, 2.24) is 5.32 Å². The fourth-order valence-corrected chi connectivity index (χ4v) is 2.94. The second-order valence-corrected chi connectivity index (χ2v) is 8.58. The Morgan fingerprint density at radius 1 is 0.938 bits per heavy atom. The third kappa shape index (κ3) is 8.15. The number of nitrogens with two attached hydrogens (primary N) is 1. The lowest BCUT2D eigenvalue weighted by Crippen LogP contribution is -2.43. The van der Waals surface area contributed by atoms with Crippen LogP contribution in [0.25, 0.3) is 0 Å². The van der Waals surface area contributed by atoms with Crippen molar-refractivity contribution >= 4 is 17.8 Å². The number of carbonyl (C=O) groups excluding carboxylic acids is 2. The first-order valence-corrected chi connectivity index (χ1v) is 10.6. The number of aliphatic imine (C=N–C) groups is 1. The SMILES string of the molecule is CNC(=O)[C@@H](N=C(OCc1ccccc1)[C@H](N)CC(=O)OCc1ccccc1)C(C)(C)C. The van der Waals surface area contributed by atoms with Gasteiger partial charge in [-0.1, -0.05) is 81.4 Å². The van der Waals surface area contributed by atoms with Crippen LogP contribution in [0.2, 0.25) is 0 Å². The lowest BCUT2D eigenvalue weighted by atomic mass is 9.86. The van der Waals surface area contributed by atoms with Crippen LogP contribution >= 0.6 is 0 Å². The molecule has 7 nitrogen and oxygen atoms in total. The summed E-state index contributed by atoms with van der Waals surface area (Å²) in [5.41, 5.74) is 7.63. The van der Waals surface area contributed by atoms with Crippen molar-refractivity contribution < 1.29 is 19.1 Å². The molecule has 0 unspecified atom stereocenters. The molecule has 0 saturated carbocycles. The highest BCUT2D eigenvalue weighted by Crippen LogP contribution is 2.23. The van der Waals surface area contributed by atoms with Gasteiger partial charge in [-0.15, -0.1) is 0 Å². The summed E-state index contributed by atoms with van der Waals surface area (Å²) < 4.78 is 11.3. The molecule has 0 bridgehead atoms. The molecular formula is C25H33N3O4. The van der Waals surface area contributed by atoms with E-state index in [0.717, 1.165) is 11.1 Å². The number of nitrogens with one attached hydrogen (secondary N) is 1. The monoisotopic (exact) mass is 439 g/mol. The van der Waals surface area contributed by atoms with Crippen molar-refractivity contribution in [3.8, 4) is 0 Å². The lowest BCUT2D eigenvalue weighted by molar-refractivity contribution is -0.145. The van der Waals surface area contributed by atoms with E-state index in [1.165, 1.54) is 0 Å². The van der Waals surface area contributed by atoms with E-state index in [-0.39, 0.29) is 31.4 Å². The first-order valence-electron chi connectivity index (χ1n) is 10.6. The van der Waals surface area contributed by atoms with Crippen molar-refractivity contribution in [3.63, 3.8) is 0 Å².